The lowest BCUT2D eigenvalue weighted by molar-refractivity contribution is 0.354. The summed E-state index contributed by atoms with van der Waals surface area (Å²) in [5.74, 6) is 1.06. The Morgan fingerprint density at radius 2 is 2.24 bits per heavy atom. The highest BCUT2D eigenvalue weighted by Gasteiger charge is 2.22. The van der Waals surface area contributed by atoms with Crippen LogP contribution in [0, 0.1) is 0 Å². The zero-order chi connectivity index (χ0) is 11.8. The number of halogens is 2. The summed E-state index contributed by atoms with van der Waals surface area (Å²) < 4.78 is 6.88. The average Bonchev–Trinajstić information content (AvgIpc) is 2.97. The van der Waals surface area contributed by atoms with Gasteiger partial charge in [-0.2, -0.15) is 11.3 Å². The van der Waals surface area contributed by atoms with E-state index in [2.05, 4.69) is 60.8 Å². The van der Waals surface area contributed by atoms with Crippen LogP contribution in [0.25, 0.3) is 0 Å². The molecule has 17 heavy (non-hydrogen) atoms. The fourth-order valence-corrected chi connectivity index (χ4v) is 4.09. The van der Waals surface area contributed by atoms with Crippen LogP contribution in [0.15, 0.2) is 33.4 Å². The molecule has 1 aromatic heterocycles. The van der Waals surface area contributed by atoms with E-state index in [1.54, 1.807) is 11.3 Å². The van der Waals surface area contributed by atoms with Crippen LogP contribution in [0.4, 0.5) is 0 Å². The lowest BCUT2D eigenvalue weighted by Gasteiger charge is -2.13. The predicted octanol–water partition coefficient (Wildman–Crippen LogP) is 4.93. The molecule has 0 aliphatic carbocycles. The summed E-state index contributed by atoms with van der Waals surface area (Å²) in [7, 11) is 0. The molecule has 0 saturated heterocycles. The van der Waals surface area contributed by atoms with E-state index >= 15 is 0 Å². The summed E-state index contributed by atoms with van der Waals surface area (Å²) in [6, 6.07) is 6.44. The monoisotopic (exact) mass is 372 g/mol. The summed E-state index contributed by atoms with van der Waals surface area (Å²) in [5, 5.41) is 4.27. The highest BCUT2D eigenvalue weighted by atomic mass is 79.9. The first-order chi connectivity index (χ1) is 8.25. The van der Waals surface area contributed by atoms with Gasteiger partial charge in [0.2, 0.25) is 0 Å². The number of alkyl halides is 1. The third kappa shape index (κ3) is 2.18. The van der Waals surface area contributed by atoms with Gasteiger partial charge in [-0.15, -0.1) is 0 Å². The van der Waals surface area contributed by atoms with Crippen LogP contribution >= 0.6 is 43.2 Å². The Labute approximate surface area is 121 Å². The fraction of sp³-hybridized carbons (Fsp3) is 0.231. The first kappa shape index (κ1) is 11.8. The minimum atomic E-state index is 0.207. The van der Waals surface area contributed by atoms with Gasteiger partial charge in [0.15, 0.2) is 0 Å². The molecule has 2 heterocycles. The minimum absolute atomic E-state index is 0.207. The van der Waals surface area contributed by atoms with Gasteiger partial charge >= 0.3 is 0 Å². The molecule has 0 radical (unpaired) electrons. The molecule has 0 fully saturated rings. The molecule has 1 aliphatic rings. The van der Waals surface area contributed by atoms with Crippen molar-refractivity contribution in [2.45, 2.75) is 11.2 Å². The van der Waals surface area contributed by atoms with Gasteiger partial charge in [0, 0.05) is 16.5 Å². The van der Waals surface area contributed by atoms with Gasteiger partial charge in [0.1, 0.15) is 5.75 Å². The van der Waals surface area contributed by atoms with Gasteiger partial charge in [-0.3, -0.25) is 0 Å². The fourth-order valence-electron chi connectivity index (χ4n) is 2.08. The molecular weight excluding hydrogens is 364 g/mol. The SMILES string of the molecule is Brc1cc2c(c(C(Br)c3ccsc3)c1)OCC2. The average molecular weight is 374 g/mol. The Morgan fingerprint density at radius 3 is 3.00 bits per heavy atom. The van der Waals surface area contributed by atoms with Crippen LogP contribution in [0.2, 0.25) is 0 Å². The Hall–Kier alpha value is -0.320. The van der Waals surface area contributed by atoms with E-state index in [9.17, 15) is 0 Å². The first-order valence-electron chi connectivity index (χ1n) is 5.37. The first-order valence-corrected chi connectivity index (χ1v) is 8.02. The van der Waals surface area contributed by atoms with Crippen molar-refractivity contribution in [2.75, 3.05) is 6.61 Å². The quantitative estimate of drug-likeness (QED) is 0.678. The molecule has 1 aliphatic heterocycles. The Bertz CT molecular complexity index is 537. The van der Waals surface area contributed by atoms with Crippen molar-refractivity contribution >= 4 is 43.2 Å². The molecular formula is C13H10Br2OS. The molecule has 0 saturated carbocycles. The molecule has 3 rings (SSSR count). The van der Waals surface area contributed by atoms with Crippen LogP contribution < -0.4 is 4.74 Å². The number of ether oxygens (including phenoxy) is 1. The van der Waals surface area contributed by atoms with Crippen LogP contribution in [0.1, 0.15) is 21.5 Å². The van der Waals surface area contributed by atoms with Gasteiger partial charge in [-0.1, -0.05) is 31.9 Å². The molecule has 2 aromatic rings. The van der Waals surface area contributed by atoms with Crippen LogP contribution in [-0.4, -0.2) is 6.61 Å². The maximum absolute atomic E-state index is 5.76. The topological polar surface area (TPSA) is 9.23 Å². The summed E-state index contributed by atoms with van der Waals surface area (Å²) >= 11 is 9.06. The lowest BCUT2D eigenvalue weighted by atomic mass is 10.0. The van der Waals surface area contributed by atoms with Crippen LogP contribution in [0.5, 0.6) is 5.75 Å². The molecule has 1 aromatic carbocycles. The third-order valence-electron chi connectivity index (χ3n) is 2.89. The normalized spacial score (nSPS) is 15.4. The number of hydrogen-bond acceptors (Lipinski definition) is 2. The smallest absolute Gasteiger partial charge is 0.127 e. The van der Waals surface area contributed by atoms with E-state index in [-0.39, 0.29) is 4.83 Å². The Kier molecular flexibility index (Phi) is 3.28. The maximum atomic E-state index is 5.76. The van der Waals surface area contributed by atoms with Crippen LogP contribution in [-0.2, 0) is 6.42 Å². The van der Waals surface area contributed by atoms with Crippen LogP contribution in [0.3, 0.4) is 0 Å². The maximum Gasteiger partial charge on any atom is 0.127 e. The van der Waals surface area contributed by atoms with E-state index in [0.717, 1.165) is 23.2 Å². The highest BCUT2D eigenvalue weighted by molar-refractivity contribution is 9.10. The highest BCUT2D eigenvalue weighted by Crippen LogP contribution is 2.42. The second kappa shape index (κ2) is 4.75. The van der Waals surface area contributed by atoms with Gasteiger partial charge in [-0.25, -0.2) is 0 Å². The molecule has 4 heteroatoms. The van der Waals surface area contributed by atoms with Gasteiger partial charge < -0.3 is 4.74 Å². The zero-order valence-corrected chi connectivity index (χ0v) is 12.9. The lowest BCUT2D eigenvalue weighted by Crippen LogP contribution is -1.96. The summed E-state index contributed by atoms with van der Waals surface area (Å²) in [5.41, 5.74) is 3.80. The molecule has 1 unspecified atom stereocenters. The molecule has 88 valence electrons. The molecule has 0 amide bonds. The molecule has 0 bridgehead atoms. The minimum Gasteiger partial charge on any atom is -0.493 e. The zero-order valence-electron chi connectivity index (χ0n) is 8.95. The van der Waals surface area contributed by atoms with E-state index in [4.69, 9.17) is 4.74 Å². The summed E-state index contributed by atoms with van der Waals surface area (Å²) in [6.07, 6.45) is 1.01. The van der Waals surface area contributed by atoms with E-state index < -0.39 is 0 Å². The number of rotatable bonds is 2. The number of benzene rings is 1. The summed E-state index contributed by atoms with van der Waals surface area (Å²) in [4.78, 5) is 0.207. The van der Waals surface area contributed by atoms with Gasteiger partial charge in [0.05, 0.1) is 11.4 Å². The van der Waals surface area contributed by atoms with Gasteiger partial charge in [-0.05, 0) is 40.1 Å². The Morgan fingerprint density at radius 1 is 1.35 bits per heavy atom. The molecule has 0 spiro atoms. The Balaban J connectivity index is 2.09. The van der Waals surface area contributed by atoms with E-state index in [0.29, 0.717) is 0 Å². The van der Waals surface area contributed by atoms with E-state index in [1.807, 2.05) is 0 Å². The number of thiophene rings is 1. The summed E-state index contributed by atoms with van der Waals surface area (Å²) in [6.45, 7) is 0.794. The van der Waals surface area contributed by atoms with Gasteiger partial charge in [0.25, 0.3) is 0 Å². The number of hydrogen-bond donors (Lipinski definition) is 0. The molecule has 0 N–H and O–H groups in total. The molecule has 1 atom stereocenters. The van der Waals surface area contributed by atoms with Crippen molar-refractivity contribution in [2.24, 2.45) is 0 Å². The van der Waals surface area contributed by atoms with Crippen molar-refractivity contribution in [1.82, 2.24) is 0 Å². The van der Waals surface area contributed by atoms with Crippen molar-refractivity contribution < 1.29 is 4.74 Å². The number of fused-ring (bicyclic) bond motifs is 1. The van der Waals surface area contributed by atoms with Crippen molar-refractivity contribution in [1.29, 1.82) is 0 Å². The van der Waals surface area contributed by atoms with Crippen molar-refractivity contribution in [3.63, 3.8) is 0 Å². The largest absolute Gasteiger partial charge is 0.493 e. The molecule has 1 nitrogen and oxygen atoms in total. The standard InChI is InChI=1S/C13H10Br2OS/c14-10-5-8-1-3-16-13(8)11(6-10)12(15)9-2-4-17-7-9/h2,4-7,12H,1,3H2. The predicted molar refractivity (Wildman–Crippen MR) is 78.4 cm³/mol. The second-order valence-corrected chi connectivity index (χ2v) is 6.61. The van der Waals surface area contributed by atoms with Crippen molar-refractivity contribution in [3.05, 3.63) is 50.1 Å². The van der Waals surface area contributed by atoms with E-state index in [1.165, 1.54) is 16.7 Å². The third-order valence-corrected chi connectivity index (χ3v) is 5.07. The van der Waals surface area contributed by atoms with Crippen molar-refractivity contribution in [3.8, 4) is 5.75 Å². The second-order valence-electron chi connectivity index (χ2n) is 4.00.